The summed E-state index contributed by atoms with van der Waals surface area (Å²) in [5.41, 5.74) is 23.9. The van der Waals surface area contributed by atoms with Crippen LogP contribution in [0.2, 0.25) is 0 Å². The van der Waals surface area contributed by atoms with Crippen LogP contribution < -0.4 is 9.80 Å². The van der Waals surface area contributed by atoms with E-state index in [2.05, 4.69) is 252 Å². The van der Waals surface area contributed by atoms with Crippen LogP contribution >= 0.6 is 0 Å². The van der Waals surface area contributed by atoms with Crippen molar-refractivity contribution in [3.8, 4) is 55.6 Å². The van der Waals surface area contributed by atoms with Gasteiger partial charge in [0.05, 0.1) is 16.8 Å². The summed E-state index contributed by atoms with van der Waals surface area (Å²) in [6.45, 7) is 0. The molecule has 0 saturated carbocycles. The van der Waals surface area contributed by atoms with Gasteiger partial charge in [0.1, 0.15) is 0 Å². The molecule has 1 spiro atoms. The molecule has 2 nitrogen and oxygen atoms in total. The van der Waals surface area contributed by atoms with E-state index in [1.165, 1.54) is 77.9 Å². The number of hydrogen-bond acceptors (Lipinski definition) is 2. The Bertz CT molecular complexity index is 3380. The van der Waals surface area contributed by atoms with Gasteiger partial charge in [-0.15, -0.1) is 0 Å². The maximum atomic E-state index is 2.46. The SMILES string of the molecule is c1ccc(N(c2ccc3c(c2)-c2ccccc2-c2ccccc2N3c2ccccc2)c2ccc3c(c2)-c2ccccc2-c2ccccc2C32c3ccccc3-c3ccccc32)cc1. The second-order valence-corrected chi connectivity index (χ2v) is 16.8. The second-order valence-electron chi connectivity index (χ2n) is 16.8. The fraction of sp³-hybridized carbons (Fsp3) is 0.0164. The van der Waals surface area contributed by atoms with Crippen LogP contribution in [0.4, 0.5) is 34.1 Å². The molecule has 0 aromatic heterocycles. The highest BCUT2D eigenvalue weighted by Gasteiger charge is 2.49. The van der Waals surface area contributed by atoms with E-state index < -0.39 is 5.41 Å². The third-order valence-corrected chi connectivity index (χ3v) is 13.6. The molecule has 0 atom stereocenters. The minimum Gasteiger partial charge on any atom is -0.310 e. The van der Waals surface area contributed by atoms with E-state index in [4.69, 9.17) is 0 Å². The first-order chi connectivity index (χ1) is 31.3. The molecule has 0 fully saturated rings. The summed E-state index contributed by atoms with van der Waals surface area (Å²) in [4.78, 5) is 4.87. The molecule has 10 aromatic rings. The lowest BCUT2D eigenvalue weighted by atomic mass is 9.66. The van der Waals surface area contributed by atoms with Gasteiger partial charge in [0.2, 0.25) is 0 Å². The molecule has 0 amide bonds. The summed E-state index contributed by atoms with van der Waals surface area (Å²) in [5.74, 6) is 0. The molecule has 0 N–H and O–H groups in total. The predicted molar refractivity (Wildman–Crippen MR) is 262 cm³/mol. The zero-order valence-corrected chi connectivity index (χ0v) is 34.5. The summed E-state index contributed by atoms with van der Waals surface area (Å²) in [5, 5.41) is 0. The van der Waals surface area contributed by atoms with Gasteiger partial charge in [-0.3, -0.25) is 0 Å². The fourth-order valence-electron chi connectivity index (χ4n) is 11.1. The molecular weight excluding hydrogens is 761 g/mol. The van der Waals surface area contributed by atoms with Gasteiger partial charge in [-0.2, -0.15) is 0 Å². The quantitative estimate of drug-likeness (QED) is 0.175. The van der Waals surface area contributed by atoms with Gasteiger partial charge in [0.15, 0.2) is 0 Å². The molecule has 1 heterocycles. The summed E-state index contributed by atoms with van der Waals surface area (Å²) < 4.78 is 0. The van der Waals surface area contributed by atoms with Gasteiger partial charge >= 0.3 is 0 Å². The van der Waals surface area contributed by atoms with Crippen molar-refractivity contribution in [3.05, 3.63) is 265 Å². The maximum absolute atomic E-state index is 2.46. The molecule has 0 unspecified atom stereocenters. The van der Waals surface area contributed by atoms with Crippen LogP contribution in [0.25, 0.3) is 55.6 Å². The Morgan fingerprint density at radius 1 is 0.254 bits per heavy atom. The number of rotatable bonds is 4. The average molecular weight is 801 g/mol. The van der Waals surface area contributed by atoms with Crippen molar-refractivity contribution in [3.63, 3.8) is 0 Å². The first kappa shape index (κ1) is 35.5. The molecule has 294 valence electrons. The Labute approximate surface area is 368 Å². The Hall–Kier alpha value is -8.20. The molecule has 3 aliphatic rings. The number of fused-ring (bicyclic) bond motifs is 17. The first-order valence-electron chi connectivity index (χ1n) is 21.9. The molecule has 2 aliphatic carbocycles. The Balaban J connectivity index is 1.08. The molecule has 2 heteroatoms. The third-order valence-electron chi connectivity index (χ3n) is 13.6. The molecule has 63 heavy (non-hydrogen) atoms. The van der Waals surface area contributed by atoms with Crippen molar-refractivity contribution in [1.82, 2.24) is 0 Å². The first-order valence-corrected chi connectivity index (χ1v) is 21.9. The minimum atomic E-state index is -0.530. The van der Waals surface area contributed by atoms with Crippen molar-refractivity contribution in [2.75, 3.05) is 9.80 Å². The van der Waals surface area contributed by atoms with Gasteiger partial charge in [-0.05, 0) is 127 Å². The Kier molecular flexibility index (Phi) is 7.85. The van der Waals surface area contributed by atoms with E-state index in [-0.39, 0.29) is 0 Å². The number of nitrogens with zero attached hydrogens (tertiary/aromatic N) is 2. The van der Waals surface area contributed by atoms with Gasteiger partial charge in [-0.25, -0.2) is 0 Å². The van der Waals surface area contributed by atoms with Gasteiger partial charge in [-0.1, -0.05) is 182 Å². The van der Waals surface area contributed by atoms with E-state index in [0.717, 1.165) is 34.1 Å². The van der Waals surface area contributed by atoms with Crippen LogP contribution in [0.1, 0.15) is 22.3 Å². The highest BCUT2D eigenvalue weighted by Crippen LogP contribution is 2.62. The lowest BCUT2D eigenvalue weighted by molar-refractivity contribution is 0.775. The van der Waals surface area contributed by atoms with Crippen molar-refractivity contribution < 1.29 is 0 Å². The predicted octanol–water partition coefficient (Wildman–Crippen LogP) is 16.3. The van der Waals surface area contributed by atoms with Crippen LogP contribution in [0.5, 0.6) is 0 Å². The zero-order valence-electron chi connectivity index (χ0n) is 34.5. The zero-order chi connectivity index (χ0) is 41.5. The maximum Gasteiger partial charge on any atom is 0.0725 e. The summed E-state index contributed by atoms with van der Waals surface area (Å²) in [6, 6.07) is 89.9. The molecule has 1 aliphatic heterocycles. The number of hydrogen-bond donors (Lipinski definition) is 0. The third kappa shape index (κ3) is 5.13. The van der Waals surface area contributed by atoms with Crippen molar-refractivity contribution in [1.29, 1.82) is 0 Å². The molecule has 13 rings (SSSR count). The monoisotopic (exact) mass is 800 g/mol. The number of anilines is 6. The van der Waals surface area contributed by atoms with E-state index in [9.17, 15) is 0 Å². The van der Waals surface area contributed by atoms with E-state index >= 15 is 0 Å². The summed E-state index contributed by atoms with van der Waals surface area (Å²) in [6.07, 6.45) is 0. The number of para-hydroxylation sites is 3. The van der Waals surface area contributed by atoms with Crippen LogP contribution in [-0.4, -0.2) is 0 Å². The van der Waals surface area contributed by atoms with Gasteiger partial charge in [0, 0.05) is 33.9 Å². The van der Waals surface area contributed by atoms with Crippen molar-refractivity contribution >= 4 is 34.1 Å². The van der Waals surface area contributed by atoms with E-state index in [1.54, 1.807) is 0 Å². The van der Waals surface area contributed by atoms with Crippen LogP contribution in [0, 0.1) is 0 Å². The summed E-state index contributed by atoms with van der Waals surface area (Å²) in [7, 11) is 0. The lowest BCUT2D eigenvalue weighted by Crippen LogP contribution is -2.29. The van der Waals surface area contributed by atoms with Crippen molar-refractivity contribution in [2.24, 2.45) is 0 Å². The van der Waals surface area contributed by atoms with Gasteiger partial charge in [0.25, 0.3) is 0 Å². The molecule has 0 radical (unpaired) electrons. The molecule has 10 aromatic carbocycles. The summed E-state index contributed by atoms with van der Waals surface area (Å²) >= 11 is 0. The normalized spacial score (nSPS) is 13.2. The topological polar surface area (TPSA) is 6.48 Å². The van der Waals surface area contributed by atoms with Crippen LogP contribution in [0.15, 0.2) is 243 Å². The van der Waals surface area contributed by atoms with Crippen LogP contribution in [0.3, 0.4) is 0 Å². The highest BCUT2D eigenvalue weighted by molar-refractivity contribution is 6.04. The second kappa shape index (κ2) is 13.9. The standard InChI is InChI=1S/C61H40N2/c1-3-19-41(20-4-1)62(44-36-38-60-54(40-44)48-26-10-8-24-46(48)52-30-14-18-34-59(52)63(60)42-21-5-2-6-22-42)43-35-37-58-53(39-43)47-25-9-7-23-45(47)49-27-11-15-31-55(49)61(58)56-32-16-12-28-50(56)51-29-13-17-33-57(51)61/h1-40H. The molecule has 0 saturated heterocycles. The van der Waals surface area contributed by atoms with Crippen LogP contribution in [-0.2, 0) is 5.41 Å². The smallest absolute Gasteiger partial charge is 0.0725 e. The largest absolute Gasteiger partial charge is 0.310 e. The fourth-order valence-corrected chi connectivity index (χ4v) is 11.1. The number of benzene rings is 10. The lowest BCUT2D eigenvalue weighted by Gasteiger charge is -2.36. The highest BCUT2D eigenvalue weighted by atomic mass is 15.2. The van der Waals surface area contributed by atoms with Crippen molar-refractivity contribution in [2.45, 2.75) is 5.41 Å². The average Bonchev–Trinajstić information content (AvgIpc) is 3.52. The van der Waals surface area contributed by atoms with E-state index in [0.29, 0.717) is 0 Å². The Morgan fingerprint density at radius 2 is 0.635 bits per heavy atom. The minimum absolute atomic E-state index is 0.530. The van der Waals surface area contributed by atoms with E-state index in [1.807, 2.05) is 0 Å². The molecule has 0 bridgehead atoms. The van der Waals surface area contributed by atoms with Gasteiger partial charge < -0.3 is 9.80 Å². The Morgan fingerprint density at radius 3 is 1.24 bits per heavy atom. The molecular formula is C61H40N2.